The van der Waals surface area contributed by atoms with Crippen LogP contribution in [0, 0.1) is 0 Å². The number of carbonyl (C=O) groups is 2. The van der Waals surface area contributed by atoms with Crippen molar-refractivity contribution in [1.29, 1.82) is 0 Å². The van der Waals surface area contributed by atoms with Crippen LogP contribution in [-0.2, 0) is 4.79 Å². The van der Waals surface area contributed by atoms with Crippen molar-refractivity contribution in [3.05, 3.63) is 48.6 Å². The number of carbonyl (C=O) groups excluding carboxylic acids is 2. The maximum Gasteiger partial charge on any atom is 0.258 e. The van der Waals surface area contributed by atoms with Crippen molar-refractivity contribution < 1.29 is 9.59 Å². The lowest BCUT2D eigenvalue weighted by atomic mass is 10.2. The molecule has 66 valence electrons. The zero-order chi connectivity index (χ0) is 9.68. The molecule has 0 spiro atoms. The van der Waals surface area contributed by atoms with E-state index in [0.29, 0.717) is 5.56 Å². The highest BCUT2D eigenvalue weighted by Gasteiger charge is 2.05. The van der Waals surface area contributed by atoms with Gasteiger partial charge in [-0.15, -0.1) is 0 Å². The van der Waals surface area contributed by atoms with Gasteiger partial charge in [0.15, 0.2) is 0 Å². The van der Waals surface area contributed by atoms with Crippen LogP contribution in [0.5, 0.6) is 0 Å². The van der Waals surface area contributed by atoms with Crippen molar-refractivity contribution >= 4 is 11.8 Å². The molecule has 0 aliphatic carbocycles. The summed E-state index contributed by atoms with van der Waals surface area (Å²) in [6, 6.07) is 8.52. The van der Waals surface area contributed by atoms with Crippen molar-refractivity contribution in [2.75, 3.05) is 0 Å². The van der Waals surface area contributed by atoms with Gasteiger partial charge in [-0.2, -0.15) is 0 Å². The predicted octanol–water partition coefficient (Wildman–Crippen LogP) is 1.13. The molecular formula is C10H9NO2. The van der Waals surface area contributed by atoms with Gasteiger partial charge in [0.1, 0.15) is 0 Å². The summed E-state index contributed by atoms with van der Waals surface area (Å²) in [5.41, 5.74) is 0.456. The monoisotopic (exact) mass is 175 g/mol. The molecule has 2 amide bonds. The molecule has 3 nitrogen and oxygen atoms in total. The van der Waals surface area contributed by atoms with Crippen LogP contribution in [0.3, 0.4) is 0 Å². The van der Waals surface area contributed by atoms with E-state index in [1.807, 2.05) is 0 Å². The topological polar surface area (TPSA) is 46.2 Å². The second-order valence-corrected chi connectivity index (χ2v) is 2.39. The standard InChI is InChI=1S/C10H9NO2/c1-2-9(12)11-10(13)8-6-4-3-5-7-8/h2-7H,1H2,(H,11,12,13). The van der Waals surface area contributed by atoms with Crippen LogP contribution in [0.2, 0.25) is 0 Å². The van der Waals surface area contributed by atoms with Gasteiger partial charge >= 0.3 is 0 Å². The lowest BCUT2D eigenvalue weighted by molar-refractivity contribution is -0.115. The van der Waals surface area contributed by atoms with Gasteiger partial charge in [-0.1, -0.05) is 24.8 Å². The van der Waals surface area contributed by atoms with Crippen LogP contribution < -0.4 is 5.32 Å². The molecule has 0 fully saturated rings. The van der Waals surface area contributed by atoms with Crippen molar-refractivity contribution in [3.8, 4) is 0 Å². The Morgan fingerprint density at radius 2 is 1.85 bits per heavy atom. The molecule has 1 N–H and O–H groups in total. The maximum absolute atomic E-state index is 11.2. The maximum atomic E-state index is 11.2. The van der Waals surface area contributed by atoms with Gasteiger partial charge < -0.3 is 0 Å². The summed E-state index contributed by atoms with van der Waals surface area (Å²) in [7, 11) is 0. The molecule has 0 saturated heterocycles. The highest BCUT2D eigenvalue weighted by Crippen LogP contribution is 1.97. The molecule has 0 bridgehead atoms. The van der Waals surface area contributed by atoms with Crippen LogP contribution in [-0.4, -0.2) is 11.8 Å². The first-order chi connectivity index (χ1) is 6.24. The van der Waals surface area contributed by atoms with Gasteiger partial charge in [0.05, 0.1) is 0 Å². The highest BCUT2D eigenvalue weighted by atomic mass is 16.2. The fraction of sp³-hybridized carbons (Fsp3) is 0. The second-order valence-electron chi connectivity index (χ2n) is 2.39. The van der Waals surface area contributed by atoms with Crippen molar-refractivity contribution in [3.63, 3.8) is 0 Å². The van der Waals surface area contributed by atoms with Crippen molar-refractivity contribution in [2.24, 2.45) is 0 Å². The summed E-state index contributed by atoms with van der Waals surface area (Å²) in [5.74, 6) is -0.903. The Balaban J connectivity index is 2.70. The van der Waals surface area contributed by atoms with E-state index >= 15 is 0 Å². The molecular weight excluding hydrogens is 166 g/mol. The largest absolute Gasteiger partial charge is 0.289 e. The van der Waals surface area contributed by atoms with Gasteiger partial charge in [-0.25, -0.2) is 0 Å². The van der Waals surface area contributed by atoms with Gasteiger partial charge in [0, 0.05) is 5.56 Å². The number of benzene rings is 1. The third-order valence-electron chi connectivity index (χ3n) is 1.46. The number of hydrogen-bond donors (Lipinski definition) is 1. The van der Waals surface area contributed by atoms with Gasteiger partial charge in [0.25, 0.3) is 5.91 Å². The third-order valence-corrected chi connectivity index (χ3v) is 1.46. The number of rotatable bonds is 2. The normalized spacial score (nSPS) is 8.92. The molecule has 1 aromatic rings. The minimum absolute atomic E-state index is 0.412. The van der Waals surface area contributed by atoms with E-state index in [2.05, 4.69) is 11.9 Å². The quantitative estimate of drug-likeness (QED) is 0.685. The zero-order valence-electron chi connectivity index (χ0n) is 6.99. The van der Waals surface area contributed by atoms with E-state index < -0.39 is 11.8 Å². The first-order valence-electron chi connectivity index (χ1n) is 3.77. The van der Waals surface area contributed by atoms with Gasteiger partial charge in [0.2, 0.25) is 5.91 Å². The van der Waals surface area contributed by atoms with Crippen LogP contribution in [0.1, 0.15) is 10.4 Å². The average molecular weight is 175 g/mol. The summed E-state index contributed by atoms with van der Waals surface area (Å²) in [5, 5.41) is 2.15. The molecule has 0 radical (unpaired) electrons. The van der Waals surface area contributed by atoms with Crippen molar-refractivity contribution in [2.45, 2.75) is 0 Å². The average Bonchev–Trinajstić information content (AvgIpc) is 2.19. The molecule has 1 rings (SSSR count). The summed E-state index contributed by atoms with van der Waals surface area (Å²) in [6.45, 7) is 3.24. The molecule has 0 aliphatic rings. The second kappa shape index (κ2) is 4.21. The van der Waals surface area contributed by atoms with E-state index in [-0.39, 0.29) is 0 Å². The zero-order valence-corrected chi connectivity index (χ0v) is 6.99. The fourth-order valence-corrected chi connectivity index (χ4v) is 0.825. The molecule has 13 heavy (non-hydrogen) atoms. The third kappa shape index (κ3) is 2.56. The smallest absolute Gasteiger partial charge is 0.258 e. The molecule has 1 aromatic carbocycles. The minimum Gasteiger partial charge on any atom is -0.289 e. The predicted molar refractivity (Wildman–Crippen MR) is 49.1 cm³/mol. The summed E-state index contributed by atoms with van der Waals surface area (Å²) >= 11 is 0. The van der Waals surface area contributed by atoms with Crippen LogP contribution in [0.4, 0.5) is 0 Å². The number of nitrogens with one attached hydrogen (secondary N) is 1. The van der Waals surface area contributed by atoms with Gasteiger partial charge in [-0.05, 0) is 18.2 Å². The fourth-order valence-electron chi connectivity index (χ4n) is 0.825. The highest BCUT2D eigenvalue weighted by molar-refractivity contribution is 6.07. The number of amides is 2. The van der Waals surface area contributed by atoms with E-state index in [1.165, 1.54) is 0 Å². The minimum atomic E-state index is -0.492. The van der Waals surface area contributed by atoms with E-state index in [9.17, 15) is 9.59 Å². The van der Waals surface area contributed by atoms with E-state index in [4.69, 9.17) is 0 Å². The molecule has 0 saturated carbocycles. The molecule has 0 heterocycles. The Bertz CT molecular complexity index is 330. The lowest BCUT2D eigenvalue weighted by Gasteiger charge is -1.99. The first kappa shape index (κ1) is 9.19. The number of hydrogen-bond acceptors (Lipinski definition) is 2. The van der Waals surface area contributed by atoms with Crippen LogP contribution in [0.15, 0.2) is 43.0 Å². The van der Waals surface area contributed by atoms with Crippen molar-refractivity contribution in [1.82, 2.24) is 5.32 Å². The van der Waals surface area contributed by atoms with Gasteiger partial charge in [-0.3, -0.25) is 14.9 Å². The molecule has 0 aliphatic heterocycles. The summed E-state index contributed by atoms with van der Waals surface area (Å²) < 4.78 is 0. The van der Waals surface area contributed by atoms with E-state index in [0.717, 1.165) is 6.08 Å². The lowest BCUT2D eigenvalue weighted by Crippen LogP contribution is -2.28. The summed E-state index contributed by atoms with van der Waals surface area (Å²) in [6.07, 6.45) is 1.06. The number of imide groups is 1. The molecule has 3 heteroatoms. The SMILES string of the molecule is C=CC(=O)NC(=O)c1ccccc1. The van der Waals surface area contributed by atoms with Crippen LogP contribution in [0.25, 0.3) is 0 Å². The van der Waals surface area contributed by atoms with Crippen LogP contribution >= 0.6 is 0 Å². The Hall–Kier alpha value is -1.90. The Morgan fingerprint density at radius 3 is 2.38 bits per heavy atom. The Labute approximate surface area is 76.1 Å². The Kier molecular flexibility index (Phi) is 2.97. The molecule has 0 atom stereocenters. The summed E-state index contributed by atoms with van der Waals surface area (Å²) in [4.78, 5) is 22.0. The van der Waals surface area contributed by atoms with E-state index in [1.54, 1.807) is 30.3 Å². The molecule has 0 unspecified atom stereocenters. The molecule has 0 aromatic heterocycles. The first-order valence-corrected chi connectivity index (χ1v) is 3.77. The Morgan fingerprint density at radius 1 is 1.23 bits per heavy atom.